The van der Waals surface area contributed by atoms with Gasteiger partial charge in [0.25, 0.3) is 15.9 Å². The molecule has 5 nitrogen and oxygen atoms in total. The number of amides is 1. The highest BCUT2D eigenvalue weighted by Gasteiger charge is 2.31. The molecule has 1 aromatic carbocycles. The van der Waals surface area contributed by atoms with Crippen LogP contribution < -0.4 is 4.72 Å². The van der Waals surface area contributed by atoms with Crippen LogP contribution in [0.3, 0.4) is 0 Å². The van der Waals surface area contributed by atoms with Crippen molar-refractivity contribution in [3.8, 4) is 0 Å². The maximum atomic E-state index is 11.1. The second-order valence-corrected chi connectivity index (χ2v) is 5.11. The number of benzene rings is 1. The molecule has 0 saturated carbocycles. The van der Waals surface area contributed by atoms with Crippen molar-refractivity contribution in [3.63, 3.8) is 0 Å². The van der Waals surface area contributed by atoms with Gasteiger partial charge >= 0.3 is 0 Å². The van der Waals surface area contributed by atoms with Crippen LogP contribution in [0.1, 0.15) is 10.4 Å². The molecule has 6 heteroatoms. The van der Waals surface area contributed by atoms with Crippen molar-refractivity contribution in [2.45, 2.75) is 4.90 Å². The van der Waals surface area contributed by atoms with Gasteiger partial charge in [0.15, 0.2) is 0 Å². The number of rotatable bonds is 0. The molecule has 0 radical (unpaired) electrons. The second-order valence-electron chi connectivity index (χ2n) is 3.46. The summed E-state index contributed by atoms with van der Waals surface area (Å²) in [6.45, 7) is 0. The third-order valence-electron chi connectivity index (χ3n) is 2.21. The standard InChI is InChI=1S/C7H5NO3S.C5H5N/c9-7-5-3-1-2-4-6(5)12(10,11)8-7;1-2-4-6-5-3-1/h1-4H,(H,8,9);1-5H. The van der Waals surface area contributed by atoms with E-state index in [1.165, 1.54) is 12.1 Å². The van der Waals surface area contributed by atoms with Gasteiger partial charge in [-0.2, -0.15) is 0 Å². The Bertz CT molecular complexity index is 627. The third kappa shape index (κ3) is 2.54. The van der Waals surface area contributed by atoms with E-state index in [-0.39, 0.29) is 10.5 Å². The number of aromatic nitrogens is 1. The Morgan fingerprint density at radius 1 is 0.944 bits per heavy atom. The molecule has 0 saturated heterocycles. The first-order valence-corrected chi connectivity index (χ1v) is 6.61. The molecule has 0 unspecified atom stereocenters. The minimum Gasteiger partial charge on any atom is -0.268 e. The molecule has 18 heavy (non-hydrogen) atoms. The maximum Gasteiger partial charge on any atom is 0.266 e. The number of hydrogen-bond acceptors (Lipinski definition) is 4. The Balaban J connectivity index is 0.000000169. The summed E-state index contributed by atoms with van der Waals surface area (Å²) < 4.78 is 24.2. The van der Waals surface area contributed by atoms with Crippen LogP contribution in [0, 0.1) is 0 Å². The van der Waals surface area contributed by atoms with Crippen molar-refractivity contribution in [2.75, 3.05) is 0 Å². The largest absolute Gasteiger partial charge is 0.268 e. The molecule has 0 bridgehead atoms. The number of nitrogens with one attached hydrogen (secondary N) is 1. The highest BCUT2D eigenvalue weighted by Crippen LogP contribution is 2.20. The summed E-state index contributed by atoms with van der Waals surface area (Å²) in [6.07, 6.45) is 3.50. The third-order valence-corrected chi connectivity index (χ3v) is 3.60. The zero-order chi connectivity index (χ0) is 13.0. The van der Waals surface area contributed by atoms with Crippen molar-refractivity contribution in [3.05, 3.63) is 60.4 Å². The fourth-order valence-corrected chi connectivity index (χ4v) is 2.61. The summed E-state index contributed by atoms with van der Waals surface area (Å²) in [5, 5.41) is 0. The molecule has 0 atom stereocenters. The molecule has 0 spiro atoms. The number of carbonyl (C=O) groups is 1. The van der Waals surface area contributed by atoms with E-state index < -0.39 is 15.9 Å². The van der Waals surface area contributed by atoms with Crippen LogP contribution in [-0.4, -0.2) is 19.3 Å². The van der Waals surface area contributed by atoms with E-state index in [4.69, 9.17) is 0 Å². The average molecular weight is 262 g/mol. The minimum absolute atomic E-state index is 0.0648. The highest BCUT2D eigenvalue weighted by molar-refractivity contribution is 7.90. The van der Waals surface area contributed by atoms with E-state index in [2.05, 4.69) is 4.98 Å². The lowest BCUT2D eigenvalue weighted by atomic mass is 10.2. The van der Waals surface area contributed by atoms with Crippen molar-refractivity contribution < 1.29 is 13.2 Å². The Morgan fingerprint density at radius 2 is 1.61 bits per heavy atom. The fraction of sp³-hybridized carbons (Fsp3) is 0. The smallest absolute Gasteiger partial charge is 0.266 e. The van der Waals surface area contributed by atoms with Gasteiger partial charge in [0, 0.05) is 12.4 Å². The van der Waals surface area contributed by atoms with Gasteiger partial charge in [0.2, 0.25) is 0 Å². The number of pyridine rings is 1. The van der Waals surface area contributed by atoms with Crippen LogP contribution in [0.4, 0.5) is 0 Å². The first-order chi connectivity index (χ1) is 8.61. The van der Waals surface area contributed by atoms with E-state index in [0.717, 1.165) is 0 Å². The lowest BCUT2D eigenvalue weighted by Gasteiger charge is -1.91. The summed E-state index contributed by atoms with van der Waals surface area (Å²) in [5.41, 5.74) is 0.220. The van der Waals surface area contributed by atoms with Crippen LogP contribution in [-0.2, 0) is 10.0 Å². The lowest BCUT2D eigenvalue weighted by molar-refractivity contribution is 0.0985. The number of carbonyl (C=O) groups excluding carboxylic acids is 1. The van der Waals surface area contributed by atoms with E-state index in [1.807, 2.05) is 22.9 Å². The maximum absolute atomic E-state index is 11.1. The van der Waals surface area contributed by atoms with Crippen LogP contribution in [0.15, 0.2) is 59.8 Å². The van der Waals surface area contributed by atoms with Crippen LogP contribution in [0.2, 0.25) is 0 Å². The second kappa shape index (κ2) is 4.97. The van der Waals surface area contributed by atoms with Gasteiger partial charge in [0.05, 0.1) is 5.56 Å². The zero-order valence-electron chi connectivity index (χ0n) is 9.28. The summed E-state index contributed by atoms with van der Waals surface area (Å²) in [4.78, 5) is 14.8. The van der Waals surface area contributed by atoms with Crippen molar-refractivity contribution in [1.82, 2.24) is 9.71 Å². The van der Waals surface area contributed by atoms with Gasteiger partial charge in [-0.3, -0.25) is 9.78 Å². The van der Waals surface area contributed by atoms with E-state index in [9.17, 15) is 13.2 Å². The first-order valence-electron chi connectivity index (χ1n) is 5.12. The summed E-state index contributed by atoms with van der Waals surface area (Å²) in [5.74, 6) is -0.550. The monoisotopic (exact) mass is 262 g/mol. The Kier molecular flexibility index (Phi) is 3.38. The van der Waals surface area contributed by atoms with Gasteiger partial charge in [-0.15, -0.1) is 0 Å². The molecule has 1 amide bonds. The van der Waals surface area contributed by atoms with Gasteiger partial charge < -0.3 is 0 Å². The molecule has 2 aromatic rings. The van der Waals surface area contributed by atoms with Gasteiger partial charge in [-0.25, -0.2) is 13.1 Å². The molecule has 1 aliphatic heterocycles. The van der Waals surface area contributed by atoms with E-state index >= 15 is 0 Å². The molecular formula is C12H10N2O3S. The van der Waals surface area contributed by atoms with Gasteiger partial charge in [-0.1, -0.05) is 18.2 Å². The van der Waals surface area contributed by atoms with Crippen molar-refractivity contribution in [2.24, 2.45) is 0 Å². The van der Waals surface area contributed by atoms with Crippen molar-refractivity contribution >= 4 is 15.9 Å². The molecule has 1 aromatic heterocycles. The van der Waals surface area contributed by atoms with Crippen LogP contribution >= 0.6 is 0 Å². The zero-order valence-corrected chi connectivity index (χ0v) is 10.1. The quantitative estimate of drug-likeness (QED) is 0.774. The van der Waals surface area contributed by atoms with Crippen molar-refractivity contribution in [1.29, 1.82) is 0 Å². The Labute approximate surface area is 105 Å². The molecular weight excluding hydrogens is 252 g/mol. The summed E-state index contributed by atoms with van der Waals surface area (Å²) >= 11 is 0. The van der Waals surface area contributed by atoms with Gasteiger partial charge in [-0.05, 0) is 24.3 Å². The highest BCUT2D eigenvalue weighted by atomic mass is 32.2. The number of nitrogens with zero attached hydrogens (tertiary/aromatic N) is 1. The molecule has 1 aliphatic rings. The minimum atomic E-state index is -3.55. The average Bonchev–Trinajstić information content (AvgIpc) is 2.64. The predicted molar refractivity (Wildman–Crippen MR) is 65.3 cm³/mol. The molecule has 3 rings (SSSR count). The fourth-order valence-electron chi connectivity index (χ4n) is 1.43. The lowest BCUT2D eigenvalue weighted by Crippen LogP contribution is -2.20. The van der Waals surface area contributed by atoms with E-state index in [1.54, 1.807) is 24.5 Å². The summed E-state index contributed by atoms with van der Waals surface area (Å²) in [6, 6.07) is 11.8. The molecule has 0 fully saturated rings. The van der Waals surface area contributed by atoms with E-state index in [0.29, 0.717) is 0 Å². The number of sulfonamides is 1. The molecule has 0 aliphatic carbocycles. The molecule has 1 N–H and O–H groups in total. The Hall–Kier alpha value is -2.21. The molecule has 2 heterocycles. The SMILES string of the molecule is O=C1NS(=O)(=O)c2ccccc21.c1ccncc1. The summed E-state index contributed by atoms with van der Waals surface area (Å²) in [7, 11) is -3.55. The van der Waals surface area contributed by atoms with Gasteiger partial charge in [0.1, 0.15) is 4.90 Å². The first kappa shape index (κ1) is 12.3. The topological polar surface area (TPSA) is 76.1 Å². The van der Waals surface area contributed by atoms with Crippen LogP contribution in [0.5, 0.6) is 0 Å². The normalized spacial score (nSPS) is 15.0. The number of hydrogen-bond donors (Lipinski definition) is 1. The Morgan fingerprint density at radius 3 is 2.11 bits per heavy atom. The predicted octanol–water partition coefficient (Wildman–Crippen LogP) is 1.20. The van der Waals surface area contributed by atoms with Crippen LogP contribution in [0.25, 0.3) is 0 Å². The molecule has 92 valence electrons. The number of fused-ring (bicyclic) bond motifs is 1.